The first kappa shape index (κ1) is 11.7. The number of halogens is 1. The Labute approximate surface area is 110 Å². The Morgan fingerprint density at radius 2 is 1.88 bits per heavy atom. The van der Waals surface area contributed by atoms with E-state index in [9.17, 15) is 0 Å². The van der Waals surface area contributed by atoms with Crippen molar-refractivity contribution >= 4 is 22.6 Å². The largest absolute Gasteiger partial charge is 0.347 e. The summed E-state index contributed by atoms with van der Waals surface area (Å²) in [5.41, 5.74) is 8.22. The molecule has 0 unspecified atom stereocenters. The van der Waals surface area contributed by atoms with Crippen molar-refractivity contribution in [1.82, 2.24) is 4.57 Å². The molecular weight excluding hydrogens is 311 g/mol. The van der Waals surface area contributed by atoms with Crippen LogP contribution >= 0.6 is 22.6 Å². The Balaban J connectivity index is 2.13. The number of rotatable bonds is 4. The van der Waals surface area contributed by atoms with Crippen LogP contribution in [0.5, 0.6) is 0 Å². The van der Waals surface area contributed by atoms with E-state index in [1.54, 1.807) is 0 Å². The highest BCUT2D eigenvalue weighted by molar-refractivity contribution is 14.1. The SMILES string of the molecule is NCCc1cccn1Cc1ccc(I)cc1. The Hall–Kier alpha value is -0.810. The monoisotopic (exact) mass is 326 g/mol. The summed E-state index contributed by atoms with van der Waals surface area (Å²) in [6.07, 6.45) is 3.06. The third-order valence-corrected chi connectivity index (χ3v) is 3.31. The summed E-state index contributed by atoms with van der Waals surface area (Å²) in [5.74, 6) is 0. The maximum atomic E-state index is 5.59. The summed E-state index contributed by atoms with van der Waals surface area (Å²) in [4.78, 5) is 0. The van der Waals surface area contributed by atoms with Crippen LogP contribution in [-0.2, 0) is 13.0 Å². The van der Waals surface area contributed by atoms with Gasteiger partial charge in [0.15, 0.2) is 0 Å². The quantitative estimate of drug-likeness (QED) is 0.861. The molecule has 0 aliphatic carbocycles. The van der Waals surface area contributed by atoms with Crippen LogP contribution in [0, 0.1) is 3.57 Å². The molecule has 2 nitrogen and oxygen atoms in total. The molecule has 0 radical (unpaired) electrons. The zero-order valence-electron chi connectivity index (χ0n) is 9.07. The van der Waals surface area contributed by atoms with Crippen LogP contribution in [0.25, 0.3) is 0 Å². The lowest BCUT2D eigenvalue weighted by Crippen LogP contribution is -2.09. The van der Waals surface area contributed by atoms with Gasteiger partial charge in [-0.2, -0.15) is 0 Å². The molecule has 1 heterocycles. The van der Waals surface area contributed by atoms with E-state index >= 15 is 0 Å². The second kappa shape index (κ2) is 5.50. The van der Waals surface area contributed by atoms with Gasteiger partial charge in [-0.05, 0) is 65.4 Å². The minimum absolute atomic E-state index is 0.705. The number of aromatic nitrogens is 1. The highest BCUT2D eigenvalue weighted by Gasteiger charge is 2.00. The van der Waals surface area contributed by atoms with Crippen molar-refractivity contribution in [2.24, 2.45) is 5.73 Å². The lowest BCUT2D eigenvalue weighted by Gasteiger charge is -2.08. The second-order valence-electron chi connectivity index (χ2n) is 3.79. The predicted octanol–water partition coefficient (Wildman–Crippen LogP) is 2.64. The molecule has 0 bridgehead atoms. The van der Waals surface area contributed by atoms with Gasteiger partial charge in [0.2, 0.25) is 0 Å². The van der Waals surface area contributed by atoms with Crippen molar-refractivity contribution in [3.05, 3.63) is 57.4 Å². The van der Waals surface area contributed by atoms with E-state index in [1.165, 1.54) is 14.8 Å². The smallest absolute Gasteiger partial charge is 0.0472 e. The van der Waals surface area contributed by atoms with Crippen molar-refractivity contribution < 1.29 is 0 Å². The highest BCUT2D eigenvalue weighted by atomic mass is 127. The zero-order valence-corrected chi connectivity index (χ0v) is 11.2. The molecule has 0 aliphatic heterocycles. The number of hydrogen-bond acceptors (Lipinski definition) is 1. The molecule has 0 spiro atoms. The average Bonchev–Trinajstić information content (AvgIpc) is 2.70. The highest BCUT2D eigenvalue weighted by Crippen LogP contribution is 2.10. The van der Waals surface area contributed by atoms with Gasteiger partial charge in [-0.3, -0.25) is 0 Å². The van der Waals surface area contributed by atoms with Gasteiger partial charge < -0.3 is 10.3 Å². The molecule has 2 aromatic rings. The molecule has 3 heteroatoms. The molecule has 2 rings (SSSR count). The summed E-state index contributed by atoms with van der Waals surface area (Å²) in [6.45, 7) is 1.63. The fraction of sp³-hybridized carbons (Fsp3) is 0.231. The molecule has 2 N–H and O–H groups in total. The fourth-order valence-electron chi connectivity index (χ4n) is 1.77. The molecule has 1 aromatic heterocycles. The molecule has 16 heavy (non-hydrogen) atoms. The maximum absolute atomic E-state index is 5.59. The number of nitrogens with two attached hydrogens (primary N) is 1. The van der Waals surface area contributed by atoms with E-state index in [1.807, 2.05) is 0 Å². The van der Waals surface area contributed by atoms with E-state index < -0.39 is 0 Å². The molecular formula is C13H15IN2. The van der Waals surface area contributed by atoms with Gasteiger partial charge >= 0.3 is 0 Å². The van der Waals surface area contributed by atoms with Crippen molar-refractivity contribution in [2.75, 3.05) is 6.54 Å². The van der Waals surface area contributed by atoms with E-state index in [0.717, 1.165) is 13.0 Å². The Bertz CT molecular complexity index is 445. The first-order valence-electron chi connectivity index (χ1n) is 5.38. The Morgan fingerprint density at radius 3 is 2.56 bits per heavy atom. The summed E-state index contributed by atoms with van der Waals surface area (Å²) < 4.78 is 3.53. The second-order valence-corrected chi connectivity index (χ2v) is 5.04. The van der Waals surface area contributed by atoms with Crippen LogP contribution in [-0.4, -0.2) is 11.1 Å². The molecule has 0 saturated heterocycles. The first-order valence-corrected chi connectivity index (χ1v) is 6.46. The standard InChI is InChI=1S/C13H15IN2/c14-12-5-3-11(4-6-12)10-16-9-1-2-13(16)7-8-15/h1-6,9H,7-8,10,15H2. The molecule has 84 valence electrons. The third kappa shape index (κ3) is 2.86. The minimum atomic E-state index is 0.705. The third-order valence-electron chi connectivity index (χ3n) is 2.59. The summed E-state index contributed by atoms with van der Waals surface area (Å²) >= 11 is 2.32. The average molecular weight is 326 g/mol. The van der Waals surface area contributed by atoms with Gasteiger partial charge in [0.05, 0.1) is 0 Å². The lowest BCUT2D eigenvalue weighted by molar-refractivity contribution is 0.736. The number of hydrogen-bond donors (Lipinski definition) is 1. The van der Waals surface area contributed by atoms with Crippen LogP contribution in [0.4, 0.5) is 0 Å². The van der Waals surface area contributed by atoms with Crippen LogP contribution in [0.1, 0.15) is 11.3 Å². The molecule has 0 aliphatic rings. The Kier molecular flexibility index (Phi) is 4.01. The van der Waals surface area contributed by atoms with Crippen LogP contribution in [0.15, 0.2) is 42.6 Å². The number of benzene rings is 1. The van der Waals surface area contributed by atoms with Gasteiger partial charge in [-0.1, -0.05) is 12.1 Å². The van der Waals surface area contributed by atoms with Crippen LogP contribution < -0.4 is 5.73 Å². The van der Waals surface area contributed by atoms with Gasteiger partial charge in [-0.15, -0.1) is 0 Å². The predicted molar refractivity (Wildman–Crippen MR) is 75.5 cm³/mol. The van der Waals surface area contributed by atoms with E-state index in [0.29, 0.717) is 6.54 Å². The maximum Gasteiger partial charge on any atom is 0.0472 e. The van der Waals surface area contributed by atoms with Gasteiger partial charge in [0.1, 0.15) is 0 Å². The van der Waals surface area contributed by atoms with Gasteiger partial charge in [-0.25, -0.2) is 0 Å². The van der Waals surface area contributed by atoms with Crippen molar-refractivity contribution in [3.8, 4) is 0 Å². The zero-order chi connectivity index (χ0) is 11.4. The molecule has 0 saturated carbocycles. The molecule has 1 aromatic carbocycles. The summed E-state index contributed by atoms with van der Waals surface area (Å²) in [7, 11) is 0. The Morgan fingerprint density at radius 1 is 1.12 bits per heavy atom. The van der Waals surface area contributed by atoms with Gasteiger partial charge in [0, 0.05) is 22.0 Å². The molecule has 0 fully saturated rings. The molecule has 0 amide bonds. The normalized spacial score (nSPS) is 10.6. The summed E-state index contributed by atoms with van der Waals surface area (Å²) in [5, 5.41) is 0. The molecule has 0 atom stereocenters. The topological polar surface area (TPSA) is 30.9 Å². The van der Waals surface area contributed by atoms with Crippen molar-refractivity contribution in [1.29, 1.82) is 0 Å². The van der Waals surface area contributed by atoms with Crippen molar-refractivity contribution in [3.63, 3.8) is 0 Å². The lowest BCUT2D eigenvalue weighted by atomic mass is 10.2. The number of nitrogens with zero attached hydrogens (tertiary/aromatic N) is 1. The first-order chi connectivity index (χ1) is 7.79. The van der Waals surface area contributed by atoms with Gasteiger partial charge in [0.25, 0.3) is 0 Å². The minimum Gasteiger partial charge on any atom is -0.347 e. The van der Waals surface area contributed by atoms with E-state index in [2.05, 4.69) is 69.8 Å². The van der Waals surface area contributed by atoms with Crippen LogP contribution in [0.2, 0.25) is 0 Å². The fourth-order valence-corrected chi connectivity index (χ4v) is 2.12. The van der Waals surface area contributed by atoms with Crippen molar-refractivity contribution in [2.45, 2.75) is 13.0 Å². The summed E-state index contributed by atoms with van der Waals surface area (Å²) in [6, 6.07) is 12.9. The van der Waals surface area contributed by atoms with E-state index in [-0.39, 0.29) is 0 Å². The van der Waals surface area contributed by atoms with Crippen LogP contribution in [0.3, 0.4) is 0 Å². The van der Waals surface area contributed by atoms with E-state index in [4.69, 9.17) is 5.73 Å².